The Morgan fingerprint density at radius 1 is 0.882 bits per heavy atom. The second kappa shape index (κ2) is 9.70. The van der Waals surface area contributed by atoms with Crippen molar-refractivity contribution in [3.63, 3.8) is 0 Å². The molecule has 0 radical (unpaired) electrons. The van der Waals surface area contributed by atoms with Crippen molar-refractivity contribution >= 4 is 17.5 Å². The van der Waals surface area contributed by atoms with Crippen LogP contribution < -0.4 is 10.2 Å². The summed E-state index contributed by atoms with van der Waals surface area (Å²) in [6.07, 6.45) is 8.15. The SMILES string of the molecule is CC(C)(C)NC(=O)C(c1cccnc1)N(C(=O)c1ccco1)c1ccc(-c2cccnc2)cc1. The molecule has 0 aliphatic rings. The van der Waals surface area contributed by atoms with Crippen LogP contribution in [0.25, 0.3) is 11.1 Å². The molecule has 0 aliphatic carbocycles. The summed E-state index contributed by atoms with van der Waals surface area (Å²) in [5.74, 6) is -0.623. The molecular formula is C27H26N4O3. The Balaban J connectivity index is 1.82. The topological polar surface area (TPSA) is 88.3 Å². The predicted octanol–water partition coefficient (Wildman–Crippen LogP) is 5.04. The summed E-state index contributed by atoms with van der Waals surface area (Å²) < 4.78 is 5.41. The van der Waals surface area contributed by atoms with E-state index in [1.165, 1.54) is 11.2 Å². The van der Waals surface area contributed by atoms with E-state index in [1.54, 1.807) is 49.1 Å². The third-order valence-corrected chi connectivity index (χ3v) is 5.10. The molecule has 0 bridgehead atoms. The fourth-order valence-electron chi connectivity index (χ4n) is 3.64. The standard InChI is InChI=1S/C27H26N4O3/c1-27(2,3)30-25(32)24(21-8-5-15-29-18-21)31(26(33)23-9-6-16-34-23)22-12-10-19(11-13-22)20-7-4-14-28-17-20/h4-18,24H,1-3H3,(H,30,32). The molecule has 0 spiro atoms. The number of anilines is 1. The van der Waals surface area contributed by atoms with Gasteiger partial charge in [-0.25, -0.2) is 0 Å². The molecule has 1 N–H and O–H groups in total. The summed E-state index contributed by atoms with van der Waals surface area (Å²) in [5.41, 5.74) is 2.53. The summed E-state index contributed by atoms with van der Waals surface area (Å²) in [6, 6.07) is 17.1. The summed E-state index contributed by atoms with van der Waals surface area (Å²) in [4.78, 5) is 37.0. The number of furan rings is 1. The minimum Gasteiger partial charge on any atom is -0.459 e. The largest absolute Gasteiger partial charge is 0.459 e. The molecule has 0 saturated carbocycles. The Morgan fingerprint density at radius 2 is 1.59 bits per heavy atom. The Bertz CT molecular complexity index is 1230. The van der Waals surface area contributed by atoms with Crippen molar-refractivity contribution in [3.8, 4) is 11.1 Å². The van der Waals surface area contributed by atoms with E-state index in [0.29, 0.717) is 11.3 Å². The van der Waals surface area contributed by atoms with E-state index < -0.39 is 17.5 Å². The molecule has 0 fully saturated rings. The molecule has 1 atom stereocenters. The van der Waals surface area contributed by atoms with E-state index in [1.807, 2.05) is 57.2 Å². The smallest absolute Gasteiger partial charge is 0.294 e. The van der Waals surface area contributed by atoms with Crippen LogP contribution in [0.5, 0.6) is 0 Å². The number of benzene rings is 1. The summed E-state index contributed by atoms with van der Waals surface area (Å²) in [6.45, 7) is 5.69. The first-order valence-corrected chi connectivity index (χ1v) is 10.9. The van der Waals surface area contributed by atoms with E-state index in [2.05, 4.69) is 15.3 Å². The van der Waals surface area contributed by atoms with Crippen molar-refractivity contribution in [1.29, 1.82) is 0 Å². The van der Waals surface area contributed by atoms with Crippen LogP contribution >= 0.6 is 0 Å². The molecule has 3 heterocycles. The second-order valence-corrected chi connectivity index (χ2v) is 8.87. The zero-order valence-corrected chi connectivity index (χ0v) is 19.3. The van der Waals surface area contributed by atoms with E-state index in [9.17, 15) is 9.59 Å². The molecule has 7 heteroatoms. The van der Waals surface area contributed by atoms with Crippen LogP contribution in [0.4, 0.5) is 5.69 Å². The van der Waals surface area contributed by atoms with Gasteiger partial charge in [0.2, 0.25) is 5.91 Å². The lowest BCUT2D eigenvalue weighted by atomic mass is 10.0. The molecular weight excluding hydrogens is 428 g/mol. The summed E-state index contributed by atoms with van der Waals surface area (Å²) in [7, 11) is 0. The number of carbonyl (C=O) groups is 2. The van der Waals surface area contributed by atoms with Crippen molar-refractivity contribution in [2.24, 2.45) is 0 Å². The lowest BCUT2D eigenvalue weighted by molar-refractivity contribution is -0.123. The van der Waals surface area contributed by atoms with E-state index in [0.717, 1.165) is 11.1 Å². The molecule has 2 amide bonds. The van der Waals surface area contributed by atoms with Crippen LogP contribution in [0.2, 0.25) is 0 Å². The van der Waals surface area contributed by atoms with E-state index >= 15 is 0 Å². The molecule has 34 heavy (non-hydrogen) atoms. The molecule has 4 aromatic rings. The quantitative estimate of drug-likeness (QED) is 0.441. The monoisotopic (exact) mass is 454 g/mol. The van der Waals surface area contributed by atoms with Gasteiger partial charge in [0, 0.05) is 41.6 Å². The van der Waals surface area contributed by atoms with Crippen LogP contribution in [-0.2, 0) is 4.79 Å². The van der Waals surface area contributed by atoms with Crippen molar-refractivity contribution in [3.05, 3.63) is 103 Å². The first-order chi connectivity index (χ1) is 16.3. The number of rotatable bonds is 6. The van der Waals surface area contributed by atoms with Gasteiger partial charge >= 0.3 is 0 Å². The number of hydrogen-bond acceptors (Lipinski definition) is 5. The van der Waals surface area contributed by atoms with Gasteiger partial charge in [-0.3, -0.25) is 24.5 Å². The lowest BCUT2D eigenvalue weighted by Crippen LogP contribution is -2.49. The van der Waals surface area contributed by atoms with Gasteiger partial charge in [0.25, 0.3) is 5.91 Å². The molecule has 4 rings (SSSR count). The van der Waals surface area contributed by atoms with Crippen molar-refractivity contribution in [2.45, 2.75) is 32.4 Å². The Kier molecular flexibility index (Phi) is 6.54. The summed E-state index contributed by atoms with van der Waals surface area (Å²) >= 11 is 0. The molecule has 0 saturated heterocycles. The Hall–Kier alpha value is -4.26. The zero-order valence-electron chi connectivity index (χ0n) is 19.3. The maximum atomic E-state index is 13.7. The highest BCUT2D eigenvalue weighted by Crippen LogP contribution is 2.32. The highest BCUT2D eigenvalue weighted by molar-refractivity contribution is 6.08. The Labute approximate surface area is 198 Å². The maximum Gasteiger partial charge on any atom is 0.294 e. The average molecular weight is 455 g/mol. The molecule has 7 nitrogen and oxygen atoms in total. The minimum atomic E-state index is -0.963. The zero-order chi connectivity index (χ0) is 24.1. The van der Waals surface area contributed by atoms with Crippen LogP contribution in [0.3, 0.4) is 0 Å². The number of hydrogen-bond donors (Lipinski definition) is 1. The van der Waals surface area contributed by atoms with Crippen LogP contribution in [0.15, 0.2) is 96.1 Å². The fourth-order valence-corrected chi connectivity index (χ4v) is 3.64. The Morgan fingerprint density at radius 3 is 2.15 bits per heavy atom. The van der Waals surface area contributed by atoms with Gasteiger partial charge in [0.05, 0.1) is 6.26 Å². The van der Waals surface area contributed by atoms with Crippen molar-refractivity contribution < 1.29 is 14.0 Å². The molecule has 172 valence electrons. The van der Waals surface area contributed by atoms with Gasteiger partial charge in [-0.15, -0.1) is 0 Å². The van der Waals surface area contributed by atoms with Gasteiger partial charge in [-0.2, -0.15) is 0 Å². The number of nitrogens with zero attached hydrogens (tertiary/aromatic N) is 3. The second-order valence-electron chi connectivity index (χ2n) is 8.87. The molecule has 3 aromatic heterocycles. The highest BCUT2D eigenvalue weighted by Gasteiger charge is 2.36. The van der Waals surface area contributed by atoms with Gasteiger partial charge < -0.3 is 9.73 Å². The molecule has 1 aromatic carbocycles. The van der Waals surface area contributed by atoms with Gasteiger partial charge in [0.15, 0.2) is 5.76 Å². The van der Waals surface area contributed by atoms with Crippen LogP contribution in [0.1, 0.15) is 42.9 Å². The first-order valence-electron chi connectivity index (χ1n) is 10.9. The number of amides is 2. The number of nitrogens with one attached hydrogen (secondary N) is 1. The van der Waals surface area contributed by atoms with Crippen molar-refractivity contribution in [1.82, 2.24) is 15.3 Å². The first kappa shape index (κ1) is 22.9. The lowest BCUT2D eigenvalue weighted by Gasteiger charge is -2.33. The van der Waals surface area contributed by atoms with Gasteiger partial charge in [-0.05, 0) is 68.3 Å². The van der Waals surface area contributed by atoms with Crippen molar-refractivity contribution in [2.75, 3.05) is 4.90 Å². The number of aromatic nitrogens is 2. The number of carbonyl (C=O) groups excluding carboxylic acids is 2. The average Bonchev–Trinajstić information content (AvgIpc) is 3.37. The fraction of sp³-hybridized carbons (Fsp3) is 0.185. The van der Waals surface area contributed by atoms with Gasteiger partial charge in [-0.1, -0.05) is 24.3 Å². The summed E-state index contributed by atoms with van der Waals surface area (Å²) in [5, 5.41) is 3.01. The van der Waals surface area contributed by atoms with E-state index in [4.69, 9.17) is 4.42 Å². The molecule has 0 aliphatic heterocycles. The predicted molar refractivity (Wildman–Crippen MR) is 130 cm³/mol. The normalized spacial score (nSPS) is 12.1. The van der Waals surface area contributed by atoms with Gasteiger partial charge in [0.1, 0.15) is 6.04 Å². The minimum absolute atomic E-state index is 0.133. The van der Waals surface area contributed by atoms with Crippen LogP contribution in [0, 0.1) is 0 Å². The van der Waals surface area contributed by atoms with E-state index in [-0.39, 0.29) is 11.7 Å². The maximum absolute atomic E-state index is 13.7. The molecule has 1 unspecified atom stereocenters. The van der Waals surface area contributed by atoms with Crippen LogP contribution in [-0.4, -0.2) is 27.3 Å². The number of pyridine rings is 2. The third kappa shape index (κ3) is 5.20. The third-order valence-electron chi connectivity index (χ3n) is 5.10. The highest BCUT2D eigenvalue weighted by atomic mass is 16.3.